The third-order valence-corrected chi connectivity index (χ3v) is 2.16. The molecule has 0 saturated carbocycles. The van der Waals surface area contributed by atoms with E-state index in [-0.39, 0.29) is 5.91 Å². The molecule has 0 radical (unpaired) electrons. The van der Waals surface area contributed by atoms with E-state index in [1.54, 1.807) is 6.20 Å². The van der Waals surface area contributed by atoms with Crippen molar-refractivity contribution in [3.8, 4) is 0 Å². The fraction of sp³-hybridized carbons (Fsp3) is 0.500. The van der Waals surface area contributed by atoms with Crippen LogP contribution in [0, 0.1) is 0 Å². The molecule has 0 bridgehead atoms. The number of hydrogen-bond donors (Lipinski definition) is 3. The number of nitrogens with zero attached hydrogens (tertiary/aromatic N) is 2. The van der Waals surface area contributed by atoms with Gasteiger partial charge in [-0.25, -0.2) is 4.98 Å². The Morgan fingerprint density at radius 1 is 1.64 bits per heavy atom. The van der Waals surface area contributed by atoms with Gasteiger partial charge in [-0.3, -0.25) is 9.69 Å². The highest BCUT2D eigenvalue weighted by atomic mass is 16.2. The van der Waals surface area contributed by atoms with Crippen molar-refractivity contribution in [2.24, 2.45) is 0 Å². The molecule has 1 saturated heterocycles. The molecule has 2 rings (SSSR count). The molecule has 0 aliphatic carbocycles. The third-order valence-electron chi connectivity index (χ3n) is 2.16. The van der Waals surface area contributed by atoms with Gasteiger partial charge in [-0.2, -0.15) is 0 Å². The van der Waals surface area contributed by atoms with Crippen LogP contribution in [-0.4, -0.2) is 40.4 Å². The first-order valence-corrected chi connectivity index (χ1v) is 4.52. The SMILES string of the molecule is Nc1ncc(CN2CCNC(=O)C2)[nH]1. The lowest BCUT2D eigenvalue weighted by molar-refractivity contribution is -0.124. The normalized spacial score (nSPS) is 18.1. The van der Waals surface area contributed by atoms with Gasteiger partial charge >= 0.3 is 0 Å². The Labute approximate surface area is 81.5 Å². The summed E-state index contributed by atoms with van der Waals surface area (Å²) in [6, 6.07) is 0. The largest absolute Gasteiger partial charge is 0.369 e. The van der Waals surface area contributed by atoms with Crippen LogP contribution in [0.15, 0.2) is 6.20 Å². The molecule has 4 N–H and O–H groups in total. The van der Waals surface area contributed by atoms with Crippen molar-refractivity contribution >= 4 is 11.9 Å². The molecular formula is C8H13N5O. The summed E-state index contributed by atoms with van der Waals surface area (Å²) in [5.74, 6) is 0.491. The van der Waals surface area contributed by atoms with E-state index in [9.17, 15) is 4.79 Å². The molecule has 76 valence electrons. The molecule has 1 aliphatic heterocycles. The van der Waals surface area contributed by atoms with Crippen LogP contribution in [0.4, 0.5) is 5.95 Å². The van der Waals surface area contributed by atoms with Gasteiger partial charge in [-0.1, -0.05) is 0 Å². The Balaban J connectivity index is 1.93. The van der Waals surface area contributed by atoms with Crippen molar-refractivity contribution in [2.45, 2.75) is 6.54 Å². The first-order valence-electron chi connectivity index (χ1n) is 4.52. The van der Waals surface area contributed by atoms with E-state index in [0.717, 1.165) is 12.2 Å². The van der Waals surface area contributed by atoms with Gasteiger partial charge < -0.3 is 16.0 Å². The van der Waals surface area contributed by atoms with Gasteiger partial charge in [0.05, 0.1) is 18.4 Å². The molecule has 14 heavy (non-hydrogen) atoms. The molecule has 2 heterocycles. The number of aromatic amines is 1. The van der Waals surface area contributed by atoms with E-state index in [1.807, 2.05) is 4.90 Å². The summed E-state index contributed by atoms with van der Waals surface area (Å²) < 4.78 is 0. The number of nitrogens with one attached hydrogen (secondary N) is 2. The molecule has 0 aromatic carbocycles. The Morgan fingerprint density at radius 3 is 3.14 bits per heavy atom. The molecule has 6 heteroatoms. The van der Waals surface area contributed by atoms with Crippen molar-refractivity contribution < 1.29 is 4.79 Å². The van der Waals surface area contributed by atoms with Gasteiger partial charge in [0.25, 0.3) is 0 Å². The maximum absolute atomic E-state index is 11.1. The number of carbonyl (C=O) groups excluding carboxylic acids is 1. The van der Waals surface area contributed by atoms with Crippen LogP contribution in [0.3, 0.4) is 0 Å². The van der Waals surface area contributed by atoms with Gasteiger partial charge in [0.15, 0.2) is 5.95 Å². The Bertz CT molecular complexity index is 334. The van der Waals surface area contributed by atoms with E-state index >= 15 is 0 Å². The molecule has 1 aromatic heterocycles. The lowest BCUT2D eigenvalue weighted by atomic mass is 10.3. The fourth-order valence-electron chi connectivity index (χ4n) is 1.52. The average molecular weight is 195 g/mol. The van der Waals surface area contributed by atoms with Gasteiger partial charge in [0.1, 0.15) is 0 Å². The van der Waals surface area contributed by atoms with Crippen molar-refractivity contribution in [2.75, 3.05) is 25.4 Å². The van der Waals surface area contributed by atoms with E-state index < -0.39 is 0 Å². The van der Waals surface area contributed by atoms with Crippen LogP contribution >= 0.6 is 0 Å². The monoisotopic (exact) mass is 195 g/mol. The maximum Gasteiger partial charge on any atom is 0.234 e. The number of carbonyl (C=O) groups is 1. The zero-order valence-electron chi connectivity index (χ0n) is 7.79. The summed E-state index contributed by atoms with van der Waals surface area (Å²) in [6.07, 6.45) is 1.70. The predicted octanol–water partition coefficient (Wildman–Crippen LogP) is -1.08. The lowest BCUT2D eigenvalue weighted by Gasteiger charge is -2.25. The number of amides is 1. The molecule has 1 amide bonds. The molecule has 1 fully saturated rings. The predicted molar refractivity (Wildman–Crippen MR) is 51.3 cm³/mol. The van der Waals surface area contributed by atoms with Gasteiger partial charge in [0, 0.05) is 19.6 Å². The molecule has 1 aliphatic rings. The number of aromatic nitrogens is 2. The minimum absolute atomic E-state index is 0.0729. The van der Waals surface area contributed by atoms with Crippen molar-refractivity contribution in [1.82, 2.24) is 20.2 Å². The molecule has 1 aromatic rings. The van der Waals surface area contributed by atoms with Gasteiger partial charge in [0.2, 0.25) is 5.91 Å². The third kappa shape index (κ3) is 2.02. The number of nitrogens with two attached hydrogens (primary N) is 1. The van der Waals surface area contributed by atoms with Gasteiger partial charge in [-0.05, 0) is 0 Å². The van der Waals surface area contributed by atoms with E-state index in [0.29, 0.717) is 25.6 Å². The Morgan fingerprint density at radius 2 is 2.50 bits per heavy atom. The first kappa shape index (κ1) is 9.01. The van der Waals surface area contributed by atoms with Crippen molar-refractivity contribution in [3.05, 3.63) is 11.9 Å². The number of nitrogen functional groups attached to an aromatic ring is 1. The summed E-state index contributed by atoms with van der Waals surface area (Å²) in [7, 11) is 0. The number of anilines is 1. The van der Waals surface area contributed by atoms with Crippen LogP contribution in [0.1, 0.15) is 5.69 Å². The van der Waals surface area contributed by atoms with Crippen LogP contribution in [-0.2, 0) is 11.3 Å². The minimum Gasteiger partial charge on any atom is -0.369 e. The smallest absolute Gasteiger partial charge is 0.234 e. The van der Waals surface area contributed by atoms with Gasteiger partial charge in [-0.15, -0.1) is 0 Å². The standard InChI is InChI=1S/C8H13N5O/c9-8-11-3-6(12-8)4-13-2-1-10-7(14)5-13/h3H,1-2,4-5H2,(H,10,14)(H3,9,11,12). The van der Waals surface area contributed by atoms with E-state index in [4.69, 9.17) is 5.73 Å². The second-order valence-corrected chi connectivity index (χ2v) is 3.35. The quantitative estimate of drug-likeness (QED) is 0.560. The number of hydrogen-bond acceptors (Lipinski definition) is 4. The topological polar surface area (TPSA) is 87.0 Å². The highest BCUT2D eigenvalue weighted by molar-refractivity contribution is 5.78. The highest BCUT2D eigenvalue weighted by Gasteiger charge is 2.16. The van der Waals surface area contributed by atoms with Crippen LogP contribution in [0.5, 0.6) is 0 Å². The molecular weight excluding hydrogens is 182 g/mol. The minimum atomic E-state index is 0.0729. The van der Waals surface area contributed by atoms with Crippen molar-refractivity contribution in [3.63, 3.8) is 0 Å². The first-order chi connectivity index (χ1) is 6.74. The molecule has 6 nitrogen and oxygen atoms in total. The summed E-state index contributed by atoms with van der Waals surface area (Å²) in [4.78, 5) is 19.9. The van der Waals surface area contributed by atoms with E-state index in [2.05, 4.69) is 15.3 Å². The molecule has 0 spiro atoms. The van der Waals surface area contributed by atoms with E-state index in [1.165, 1.54) is 0 Å². The Kier molecular flexibility index (Phi) is 2.36. The molecule has 0 unspecified atom stereocenters. The fourth-order valence-corrected chi connectivity index (χ4v) is 1.52. The Hall–Kier alpha value is -1.56. The van der Waals surface area contributed by atoms with Crippen LogP contribution in [0.2, 0.25) is 0 Å². The second-order valence-electron chi connectivity index (χ2n) is 3.35. The van der Waals surface area contributed by atoms with Crippen LogP contribution in [0.25, 0.3) is 0 Å². The maximum atomic E-state index is 11.1. The summed E-state index contributed by atoms with van der Waals surface area (Å²) in [6.45, 7) is 2.71. The number of H-pyrrole nitrogens is 1. The summed E-state index contributed by atoms with van der Waals surface area (Å²) in [5.41, 5.74) is 6.39. The highest BCUT2D eigenvalue weighted by Crippen LogP contribution is 2.04. The van der Waals surface area contributed by atoms with Crippen LogP contribution < -0.4 is 11.1 Å². The zero-order valence-corrected chi connectivity index (χ0v) is 7.79. The number of imidazole rings is 1. The second kappa shape index (κ2) is 3.67. The molecule has 0 atom stereocenters. The average Bonchev–Trinajstić information content (AvgIpc) is 2.51. The number of piperazine rings is 1. The summed E-state index contributed by atoms with van der Waals surface area (Å²) in [5, 5.41) is 2.77. The lowest BCUT2D eigenvalue weighted by Crippen LogP contribution is -2.47. The van der Waals surface area contributed by atoms with Crippen molar-refractivity contribution in [1.29, 1.82) is 0 Å². The zero-order chi connectivity index (χ0) is 9.97. The summed E-state index contributed by atoms with van der Waals surface area (Å²) >= 11 is 0. The number of rotatable bonds is 2.